The first-order valence-electron chi connectivity index (χ1n) is 26.2. The van der Waals surface area contributed by atoms with Crippen LogP contribution in [-0.2, 0) is 28.6 Å². The summed E-state index contributed by atoms with van der Waals surface area (Å²) in [5.74, 6) is -1.07. The second kappa shape index (κ2) is 53.2. The first kappa shape index (κ1) is 61.5. The van der Waals surface area contributed by atoms with Crippen LogP contribution in [-0.4, -0.2) is 37.2 Å². The van der Waals surface area contributed by atoms with Gasteiger partial charge in [-0.15, -0.1) is 0 Å². The van der Waals surface area contributed by atoms with Gasteiger partial charge in [-0.3, -0.25) is 14.4 Å². The van der Waals surface area contributed by atoms with Gasteiger partial charge >= 0.3 is 17.9 Å². The largest absolute Gasteiger partial charge is 0.462 e. The van der Waals surface area contributed by atoms with Gasteiger partial charge in [-0.1, -0.05) is 199 Å². The molecule has 370 valence electrons. The van der Waals surface area contributed by atoms with Crippen molar-refractivity contribution in [2.45, 2.75) is 213 Å². The average molecular weight is 911 g/mol. The standard InChI is InChI=1S/C60H94O6/c1-4-7-10-13-16-19-22-25-28-30-32-35-38-41-44-47-50-53-59(62)65-56-57(55-64-58(61)52-49-46-43-40-37-34-27-24-21-18-15-12-9-6-3)66-60(63)54-51-48-45-42-39-36-33-31-29-26-23-20-17-14-11-8-5-2/h7-8,10-11,16-17,19-20,25-26,28-29,32-37,41-42,44-45,57H,4-6,9,12-15,18,21-24,27,30-31,38-40,43,46-56H2,1-3H3/b10-7-,11-8-,19-16-,20-17-,28-25-,29-26-,35-32-,36-33-,37-34-,44-41-,45-42-. The number of hydrogen-bond acceptors (Lipinski definition) is 6. The highest BCUT2D eigenvalue weighted by Crippen LogP contribution is 2.11. The van der Waals surface area contributed by atoms with Crippen LogP contribution in [0.5, 0.6) is 0 Å². The van der Waals surface area contributed by atoms with Crippen LogP contribution in [0.2, 0.25) is 0 Å². The van der Waals surface area contributed by atoms with Gasteiger partial charge in [-0.05, 0) is 122 Å². The molecule has 0 N–H and O–H groups in total. The van der Waals surface area contributed by atoms with E-state index in [0.717, 1.165) is 109 Å². The highest BCUT2D eigenvalue weighted by molar-refractivity contribution is 5.71. The predicted molar refractivity (Wildman–Crippen MR) is 283 cm³/mol. The molecule has 0 rings (SSSR count). The Bertz CT molecular complexity index is 1460. The number of ether oxygens (including phenoxy) is 3. The van der Waals surface area contributed by atoms with Crippen LogP contribution < -0.4 is 0 Å². The summed E-state index contributed by atoms with van der Waals surface area (Å²) in [5.41, 5.74) is 0. The number of carbonyl (C=O) groups excluding carboxylic acids is 3. The molecule has 0 aliphatic heterocycles. The number of esters is 3. The smallest absolute Gasteiger partial charge is 0.306 e. The Morgan fingerprint density at radius 2 is 0.606 bits per heavy atom. The summed E-state index contributed by atoms with van der Waals surface area (Å²) in [6, 6.07) is 0. The van der Waals surface area contributed by atoms with Crippen LogP contribution in [0.3, 0.4) is 0 Å². The van der Waals surface area contributed by atoms with Crippen LogP contribution in [0.15, 0.2) is 134 Å². The Morgan fingerprint density at radius 1 is 0.318 bits per heavy atom. The molecular weight excluding hydrogens is 817 g/mol. The lowest BCUT2D eigenvalue weighted by molar-refractivity contribution is -0.167. The monoisotopic (exact) mass is 911 g/mol. The predicted octanol–water partition coefficient (Wildman–Crippen LogP) is 17.5. The fourth-order valence-corrected chi connectivity index (χ4v) is 6.51. The van der Waals surface area contributed by atoms with E-state index in [9.17, 15) is 14.4 Å². The van der Waals surface area contributed by atoms with Gasteiger partial charge in [0, 0.05) is 19.3 Å². The molecule has 0 saturated carbocycles. The number of unbranched alkanes of at least 4 members (excludes halogenated alkanes) is 12. The lowest BCUT2D eigenvalue weighted by Crippen LogP contribution is -2.30. The van der Waals surface area contributed by atoms with Crippen molar-refractivity contribution in [1.29, 1.82) is 0 Å². The molecular formula is C60H94O6. The molecule has 0 heterocycles. The van der Waals surface area contributed by atoms with E-state index < -0.39 is 12.1 Å². The molecule has 1 atom stereocenters. The zero-order valence-corrected chi connectivity index (χ0v) is 42.1. The Labute approximate surface area is 405 Å². The van der Waals surface area contributed by atoms with E-state index >= 15 is 0 Å². The van der Waals surface area contributed by atoms with Gasteiger partial charge in [0.05, 0.1) is 0 Å². The van der Waals surface area contributed by atoms with E-state index in [4.69, 9.17) is 14.2 Å². The SMILES string of the molecule is CC/C=C\C/C=C\C/C=C\C/C=C\C/C=C\CCCC(=O)OCC(COC(=O)CCCCC/C=C\CCCCCCCCC)OC(=O)CCC/C=C\C/C=C\C/C=C\C/C=C\C/C=C\CC. The molecule has 0 aliphatic rings. The van der Waals surface area contributed by atoms with Crippen molar-refractivity contribution in [2.75, 3.05) is 13.2 Å². The van der Waals surface area contributed by atoms with Gasteiger partial charge in [-0.2, -0.15) is 0 Å². The zero-order chi connectivity index (χ0) is 47.9. The molecule has 6 heteroatoms. The third-order valence-electron chi connectivity index (χ3n) is 10.4. The quantitative estimate of drug-likeness (QED) is 0.0262. The molecule has 0 aromatic carbocycles. The summed E-state index contributed by atoms with van der Waals surface area (Å²) in [6.45, 7) is 6.27. The van der Waals surface area contributed by atoms with Gasteiger partial charge < -0.3 is 14.2 Å². The van der Waals surface area contributed by atoms with Gasteiger partial charge in [0.25, 0.3) is 0 Å². The molecule has 0 aromatic heterocycles. The van der Waals surface area contributed by atoms with E-state index in [1.165, 1.54) is 44.9 Å². The lowest BCUT2D eigenvalue weighted by Gasteiger charge is -2.18. The van der Waals surface area contributed by atoms with E-state index in [1.54, 1.807) is 0 Å². The van der Waals surface area contributed by atoms with Crippen LogP contribution in [0.1, 0.15) is 207 Å². The van der Waals surface area contributed by atoms with Crippen molar-refractivity contribution in [3.8, 4) is 0 Å². The summed E-state index contributed by atoms with van der Waals surface area (Å²) in [5, 5.41) is 0. The molecule has 0 radical (unpaired) electrons. The van der Waals surface area contributed by atoms with E-state index in [1.807, 2.05) is 0 Å². The maximum atomic E-state index is 12.8. The van der Waals surface area contributed by atoms with Crippen molar-refractivity contribution < 1.29 is 28.6 Å². The summed E-state index contributed by atoms with van der Waals surface area (Å²) in [7, 11) is 0. The third kappa shape index (κ3) is 50.5. The molecule has 66 heavy (non-hydrogen) atoms. The molecule has 1 unspecified atom stereocenters. The van der Waals surface area contributed by atoms with Gasteiger partial charge in [0.2, 0.25) is 0 Å². The third-order valence-corrected chi connectivity index (χ3v) is 10.4. The maximum Gasteiger partial charge on any atom is 0.306 e. The fourth-order valence-electron chi connectivity index (χ4n) is 6.51. The van der Waals surface area contributed by atoms with E-state index in [2.05, 4.69) is 154 Å². The second-order valence-electron chi connectivity index (χ2n) is 16.7. The minimum Gasteiger partial charge on any atom is -0.462 e. The number of allylic oxidation sites excluding steroid dienone is 22. The van der Waals surface area contributed by atoms with Gasteiger partial charge in [0.1, 0.15) is 13.2 Å². The highest BCUT2D eigenvalue weighted by Gasteiger charge is 2.19. The summed E-state index contributed by atoms with van der Waals surface area (Å²) in [6.07, 6.45) is 74.5. The summed E-state index contributed by atoms with van der Waals surface area (Å²) >= 11 is 0. The van der Waals surface area contributed by atoms with Crippen LogP contribution >= 0.6 is 0 Å². The molecule has 0 spiro atoms. The number of rotatable bonds is 45. The van der Waals surface area contributed by atoms with E-state index in [0.29, 0.717) is 19.3 Å². The van der Waals surface area contributed by atoms with Gasteiger partial charge in [0.15, 0.2) is 6.10 Å². The molecule has 0 saturated heterocycles. The van der Waals surface area contributed by atoms with Crippen molar-refractivity contribution in [3.63, 3.8) is 0 Å². The number of carbonyl (C=O) groups is 3. The van der Waals surface area contributed by atoms with Crippen molar-refractivity contribution in [1.82, 2.24) is 0 Å². The summed E-state index contributed by atoms with van der Waals surface area (Å²) in [4.78, 5) is 38.0. The van der Waals surface area contributed by atoms with Crippen molar-refractivity contribution >= 4 is 17.9 Å². The first-order chi connectivity index (χ1) is 32.5. The average Bonchev–Trinajstić information content (AvgIpc) is 3.31. The molecule has 6 nitrogen and oxygen atoms in total. The second-order valence-corrected chi connectivity index (χ2v) is 16.7. The lowest BCUT2D eigenvalue weighted by atomic mass is 10.1. The van der Waals surface area contributed by atoms with Crippen molar-refractivity contribution in [2.24, 2.45) is 0 Å². The first-order valence-corrected chi connectivity index (χ1v) is 26.2. The Hall–Kier alpha value is -4.45. The fraction of sp³-hybridized carbons (Fsp3) is 0.583. The normalized spacial score (nSPS) is 13.2. The highest BCUT2D eigenvalue weighted by atomic mass is 16.6. The van der Waals surface area contributed by atoms with Gasteiger partial charge in [-0.25, -0.2) is 0 Å². The minimum absolute atomic E-state index is 0.131. The van der Waals surface area contributed by atoms with Crippen molar-refractivity contribution in [3.05, 3.63) is 134 Å². The van der Waals surface area contributed by atoms with Crippen LogP contribution in [0.4, 0.5) is 0 Å². The zero-order valence-electron chi connectivity index (χ0n) is 42.1. The van der Waals surface area contributed by atoms with E-state index in [-0.39, 0.29) is 38.0 Å². The number of hydrogen-bond donors (Lipinski definition) is 0. The van der Waals surface area contributed by atoms with Crippen LogP contribution in [0.25, 0.3) is 0 Å². The minimum atomic E-state index is -0.841. The topological polar surface area (TPSA) is 78.9 Å². The summed E-state index contributed by atoms with van der Waals surface area (Å²) < 4.78 is 16.7. The maximum absolute atomic E-state index is 12.8. The molecule has 0 amide bonds. The Kier molecular flexibility index (Phi) is 49.6. The Balaban J connectivity index is 4.62. The van der Waals surface area contributed by atoms with Crippen LogP contribution in [0, 0.1) is 0 Å². The molecule has 0 fully saturated rings. The Morgan fingerprint density at radius 3 is 1.00 bits per heavy atom. The molecule has 0 bridgehead atoms. The molecule has 0 aromatic rings. The molecule has 0 aliphatic carbocycles.